The molecule has 2 heterocycles. The average molecular weight is 333 g/mol. The first-order chi connectivity index (χ1) is 11.5. The number of carbonyl (C=O) groups is 1. The van der Waals surface area contributed by atoms with Crippen molar-refractivity contribution in [1.82, 2.24) is 20.0 Å². The summed E-state index contributed by atoms with van der Waals surface area (Å²) in [6.45, 7) is -0.756. The summed E-state index contributed by atoms with van der Waals surface area (Å²) in [5.41, 5.74) is 1.77. The van der Waals surface area contributed by atoms with E-state index in [-0.39, 0.29) is 11.7 Å². The number of hydrogen-bond acceptors (Lipinski definition) is 5. The van der Waals surface area contributed by atoms with Gasteiger partial charge in [0.15, 0.2) is 6.61 Å². The SMILES string of the molecule is Cn1nnc2cc(C(=O)Nc3cccc(OCC(F)F)n3)ccc21. The predicted molar refractivity (Wildman–Crippen MR) is 82.2 cm³/mol. The van der Waals surface area contributed by atoms with Crippen molar-refractivity contribution in [3.63, 3.8) is 0 Å². The van der Waals surface area contributed by atoms with E-state index in [2.05, 4.69) is 20.6 Å². The van der Waals surface area contributed by atoms with Crippen LogP contribution in [0.15, 0.2) is 36.4 Å². The monoisotopic (exact) mass is 333 g/mol. The van der Waals surface area contributed by atoms with Crippen molar-refractivity contribution in [3.05, 3.63) is 42.0 Å². The molecule has 124 valence electrons. The Labute approximate surface area is 135 Å². The highest BCUT2D eigenvalue weighted by Crippen LogP contribution is 2.16. The number of alkyl halides is 2. The minimum Gasteiger partial charge on any atom is -0.472 e. The highest BCUT2D eigenvalue weighted by atomic mass is 19.3. The molecule has 0 bridgehead atoms. The first-order valence-electron chi connectivity index (χ1n) is 7.02. The maximum absolute atomic E-state index is 12.3. The molecule has 3 aromatic rings. The molecule has 0 fully saturated rings. The molecule has 1 aromatic carbocycles. The van der Waals surface area contributed by atoms with Gasteiger partial charge in [0.25, 0.3) is 12.3 Å². The van der Waals surface area contributed by atoms with E-state index in [0.29, 0.717) is 11.1 Å². The first kappa shape index (κ1) is 15.8. The number of aromatic nitrogens is 4. The van der Waals surface area contributed by atoms with Gasteiger partial charge >= 0.3 is 0 Å². The molecular formula is C15H13F2N5O2. The van der Waals surface area contributed by atoms with E-state index < -0.39 is 18.9 Å². The fourth-order valence-electron chi connectivity index (χ4n) is 2.08. The molecule has 0 aliphatic heterocycles. The number of anilines is 1. The molecule has 1 amide bonds. The van der Waals surface area contributed by atoms with Crippen molar-refractivity contribution >= 4 is 22.8 Å². The lowest BCUT2D eigenvalue weighted by Gasteiger charge is -2.08. The lowest BCUT2D eigenvalue weighted by molar-refractivity contribution is 0.0796. The van der Waals surface area contributed by atoms with Crippen LogP contribution in [0, 0.1) is 0 Å². The largest absolute Gasteiger partial charge is 0.472 e. The summed E-state index contributed by atoms with van der Waals surface area (Å²) in [6.07, 6.45) is -2.59. The zero-order valence-electron chi connectivity index (χ0n) is 12.6. The van der Waals surface area contributed by atoms with Gasteiger partial charge in [0.2, 0.25) is 5.88 Å². The number of hydrogen-bond donors (Lipinski definition) is 1. The summed E-state index contributed by atoms with van der Waals surface area (Å²) in [7, 11) is 1.75. The van der Waals surface area contributed by atoms with E-state index in [1.165, 1.54) is 12.1 Å². The fraction of sp³-hybridized carbons (Fsp3) is 0.200. The number of nitrogens with zero attached hydrogens (tertiary/aromatic N) is 4. The number of halogens is 2. The van der Waals surface area contributed by atoms with Crippen LogP contribution in [0.25, 0.3) is 11.0 Å². The maximum Gasteiger partial charge on any atom is 0.272 e. The van der Waals surface area contributed by atoms with E-state index in [0.717, 1.165) is 5.52 Å². The van der Waals surface area contributed by atoms with Crippen molar-refractivity contribution in [2.45, 2.75) is 6.43 Å². The second-order valence-corrected chi connectivity index (χ2v) is 4.93. The fourth-order valence-corrected chi connectivity index (χ4v) is 2.08. The van der Waals surface area contributed by atoms with Gasteiger partial charge in [-0.25, -0.2) is 13.5 Å². The number of aryl methyl sites for hydroxylation is 1. The van der Waals surface area contributed by atoms with E-state index >= 15 is 0 Å². The molecule has 3 rings (SSSR count). The van der Waals surface area contributed by atoms with Crippen LogP contribution in [-0.4, -0.2) is 38.9 Å². The first-order valence-corrected chi connectivity index (χ1v) is 7.02. The molecule has 0 saturated heterocycles. The minimum absolute atomic E-state index is 0.0116. The minimum atomic E-state index is -2.59. The van der Waals surface area contributed by atoms with Gasteiger partial charge in [-0.15, -0.1) is 5.10 Å². The van der Waals surface area contributed by atoms with Gasteiger partial charge in [-0.05, 0) is 24.3 Å². The van der Waals surface area contributed by atoms with Crippen molar-refractivity contribution in [2.24, 2.45) is 7.05 Å². The summed E-state index contributed by atoms with van der Waals surface area (Å²) in [6, 6.07) is 9.50. The number of fused-ring (bicyclic) bond motifs is 1. The molecule has 9 heteroatoms. The third-order valence-corrected chi connectivity index (χ3v) is 3.20. The Morgan fingerprint density at radius 1 is 1.33 bits per heavy atom. The summed E-state index contributed by atoms with van der Waals surface area (Å²) in [5, 5.41) is 10.4. The number of carbonyl (C=O) groups excluding carboxylic acids is 1. The van der Waals surface area contributed by atoms with Gasteiger partial charge in [0.1, 0.15) is 11.3 Å². The molecule has 0 aliphatic rings. The number of pyridine rings is 1. The highest BCUT2D eigenvalue weighted by Gasteiger charge is 2.11. The molecule has 0 saturated carbocycles. The van der Waals surface area contributed by atoms with Crippen LogP contribution in [0.4, 0.5) is 14.6 Å². The highest BCUT2D eigenvalue weighted by molar-refractivity contribution is 6.05. The summed E-state index contributed by atoms with van der Waals surface area (Å²) in [4.78, 5) is 16.2. The molecule has 7 nitrogen and oxygen atoms in total. The number of rotatable bonds is 5. The second-order valence-electron chi connectivity index (χ2n) is 4.93. The van der Waals surface area contributed by atoms with Crippen LogP contribution in [0.3, 0.4) is 0 Å². The second kappa shape index (κ2) is 6.57. The Morgan fingerprint density at radius 2 is 2.17 bits per heavy atom. The molecule has 24 heavy (non-hydrogen) atoms. The standard InChI is InChI=1S/C15H13F2N5O2/c1-22-11-6-5-9(7-10(11)20-21-22)15(23)19-13-3-2-4-14(18-13)24-8-12(16)17/h2-7,12H,8H2,1H3,(H,18,19,23). The number of ether oxygens (including phenoxy) is 1. The molecule has 0 spiro atoms. The van der Waals surface area contributed by atoms with Crippen LogP contribution in [0.5, 0.6) is 5.88 Å². The third kappa shape index (κ3) is 3.45. The zero-order valence-corrected chi connectivity index (χ0v) is 12.6. The zero-order chi connectivity index (χ0) is 17.1. The van der Waals surface area contributed by atoms with Crippen LogP contribution in [-0.2, 0) is 7.05 Å². The van der Waals surface area contributed by atoms with E-state index in [1.54, 1.807) is 36.0 Å². The summed E-state index contributed by atoms with van der Waals surface area (Å²) in [5.74, 6) is -0.190. The van der Waals surface area contributed by atoms with E-state index in [4.69, 9.17) is 4.74 Å². The Bertz CT molecular complexity index is 881. The van der Waals surface area contributed by atoms with Crippen molar-refractivity contribution in [1.29, 1.82) is 0 Å². The molecule has 1 N–H and O–H groups in total. The Kier molecular flexibility index (Phi) is 4.32. The van der Waals surface area contributed by atoms with Gasteiger partial charge in [-0.1, -0.05) is 11.3 Å². The lowest BCUT2D eigenvalue weighted by Crippen LogP contribution is -2.14. The maximum atomic E-state index is 12.3. The van der Waals surface area contributed by atoms with E-state index in [1.807, 2.05) is 0 Å². The summed E-state index contributed by atoms with van der Waals surface area (Å²) >= 11 is 0. The summed E-state index contributed by atoms with van der Waals surface area (Å²) < 4.78 is 30.7. The normalized spacial score (nSPS) is 11.0. The molecular weight excluding hydrogens is 320 g/mol. The molecule has 2 aromatic heterocycles. The number of nitrogens with one attached hydrogen (secondary N) is 1. The number of amides is 1. The topological polar surface area (TPSA) is 81.9 Å². The quantitative estimate of drug-likeness (QED) is 0.774. The lowest BCUT2D eigenvalue weighted by atomic mass is 10.2. The van der Waals surface area contributed by atoms with Gasteiger partial charge in [0, 0.05) is 18.7 Å². The predicted octanol–water partition coefficient (Wildman–Crippen LogP) is 2.26. The Morgan fingerprint density at radius 3 is 2.96 bits per heavy atom. The van der Waals surface area contributed by atoms with E-state index in [9.17, 15) is 13.6 Å². The van der Waals surface area contributed by atoms with Gasteiger partial charge in [-0.3, -0.25) is 4.79 Å². The number of benzene rings is 1. The van der Waals surface area contributed by atoms with Crippen molar-refractivity contribution in [3.8, 4) is 5.88 Å². The third-order valence-electron chi connectivity index (χ3n) is 3.20. The van der Waals surface area contributed by atoms with Gasteiger partial charge < -0.3 is 10.1 Å². The van der Waals surface area contributed by atoms with Crippen LogP contribution >= 0.6 is 0 Å². The van der Waals surface area contributed by atoms with Crippen LogP contribution in [0.1, 0.15) is 10.4 Å². The smallest absolute Gasteiger partial charge is 0.272 e. The van der Waals surface area contributed by atoms with Gasteiger partial charge in [-0.2, -0.15) is 4.98 Å². The van der Waals surface area contributed by atoms with Crippen LogP contribution in [0.2, 0.25) is 0 Å². The molecule has 0 radical (unpaired) electrons. The Hall–Kier alpha value is -3.10. The van der Waals surface area contributed by atoms with Crippen LogP contribution < -0.4 is 10.1 Å². The molecule has 0 atom stereocenters. The van der Waals surface area contributed by atoms with Crippen molar-refractivity contribution in [2.75, 3.05) is 11.9 Å². The molecule has 0 unspecified atom stereocenters. The van der Waals surface area contributed by atoms with Crippen molar-refractivity contribution < 1.29 is 18.3 Å². The molecule has 0 aliphatic carbocycles. The Balaban J connectivity index is 1.74. The van der Waals surface area contributed by atoms with Gasteiger partial charge in [0.05, 0.1) is 5.52 Å². The average Bonchev–Trinajstić information content (AvgIpc) is 2.94.